The van der Waals surface area contributed by atoms with Gasteiger partial charge < -0.3 is 15.0 Å². The summed E-state index contributed by atoms with van der Waals surface area (Å²) in [4.78, 5) is 18.4. The molecular formula is C23H27ClN4O4S. The molecule has 0 saturated carbocycles. The van der Waals surface area contributed by atoms with Gasteiger partial charge in [0.1, 0.15) is 16.5 Å². The molecule has 0 spiro atoms. The summed E-state index contributed by atoms with van der Waals surface area (Å²) in [5.74, 6) is 1.13. The first-order valence-electron chi connectivity index (χ1n) is 10.3. The van der Waals surface area contributed by atoms with Gasteiger partial charge in [0.05, 0.1) is 18.7 Å². The van der Waals surface area contributed by atoms with Crippen LogP contribution in [-0.2, 0) is 21.4 Å². The number of amidine groups is 1. The molecule has 33 heavy (non-hydrogen) atoms. The third kappa shape index (κ3) is 6.13. The molecule has 0 fully saturated rings. The number of hydrogen-bond acceptors (Lipinski definition) is 6. The van der Waals surface area contributed by atoms with E-state index < -0.39 is 10.0 Å². The fourth-order valence-corrected chi connectivity index (χ4v) is 4.85. The highest BCUT2D eigenvalue weighted by Crippen LogP contribution is 2.28. The molecule has 1 N–H and O–H groups in total. The maximum Gasteiger partial charge on any atom is 0.246 e. The van der Waals surface area contributed by atoms with Crippen LogP contribution >= 0.6 is 11.6 Å². The van der Waals surface area contributed by atoms with Crippen molar-refractivity contribution in [2.45, 2.75) is 11.4 Å². The highest BCUT2D eigenvalue weighted by Gasteiger charge is 2.23. The Morgan fingerprint density at radius 2 is 1.94 bits per heavy atom. The van der Waals surface area contributed by atoms with Crippen molar-refractivity contribution in [3.63, 3.8) is 0 Å². The molecule has 0 radical (unpaired) electrons. The van der Waals surface area contributed by atoms with E-state index in [0.717, 1.165) is 34.4 Å². The highest BCUT2D eigenvalue weighted by atomic mass is 35.5. The third-order valence-electron chi connectivity index (χ3n) is 5.15. The van der Waals surface area contributed by atoms with Gasteiger partial charge in [-0.1, -0.05) is 41.9 Å². The summed E-state index contributed by atoms with van der Waals surface area (Å²) in [6, 6.07) is 12.3. The first-order valence-corrected chi connectivity index (χ1v) is 12.1. The van der Waals surface area contributed by atoms with Crippen molar-refractivity contribution < 1.29 is 17.9 Å². The minimum atomic E-state index is -3.82. The van der Waals surface area contributed by atoms with Crippen LogP contribution in [0.5, 0.6) is 5.75 Å². The minimum absolute atomic E-state index is 0.0217. The monoisotopic (exact) mass is 490 g/mol. The molecule has 1 amide bonds. The molecule has 0 aromatic heterocycles. The van der Waals surface area contributed by atoms with Crippen LogP contribution in [0.2, 0.25) is 5.02 Å². The second-order valence-corrected chi connectivity index (χ2v) is 9.95. The fraction of sp³-hybridized carbons (Fsp3) is 0.304. The van der Waals surface area contributed by atoms with Gasteiger partial charge in [-0.3, -0.25) is 9.79 Å². The Bertz CT molecular complexity index is 1160. The van der Waals surface area contributed by atoms with E-state index in [-0.39, 0.29) is 22.4 Å². The smallest absolute Gasteiger partial charge is 0.246 e. The number of halogens is 1. The van der Waals surface area contributed by atoms with Crippen molar-refractivity contribution in [3.8, 4) is 5.75 Å². The normalized spacial score (nSPS) is 13.8. The lowest BCUT2D eigenvalue weighted by Gasteiger charge is -2.17. The Morgan fingerprint density at radius 3 is 2.55 bits per heavy atom. The van der Waals surface area contributed by atoms with E-state index in [4.69, 9.17) is 16.3 Å². The van der Waals surface area contributed by atoms with Gasteiger partial charge >= 0.3 is 0 Å². The van der Waals surface area contributed by atoms with Crippen LogP contribution in [0.15, 0.2) is 64.5 Å². The number of rotatable bonds is 9. The van der Waals surface area contributed by atoms with E-state index in [9.17, 15) is 13.2 Å². The average molecular weight is 491 g/mol. The maximum absolute atomic E-state index is 12.8. The lowest BCUT2D eigenvalue weighted by Crippen LogP contribution is -2.28. The van der Waals surface area contributed by atoms with E-state index in [1.54, 1.807) is 11.9 Å². The number of hydrogen-bond donors (Lipinski definition) is 1. The number of benzene rings is 2. The Labute approximate surface area is 199 Å². The van der Waals surface area contributed by atoms with Gasteiger partial charge in [0.25, 0.3) is 0 Å². The zero-order chi connectivity index (χ0) is 24.0. The van der Waals surface area contributed by atoms with E-state index >= 15 is 0 Å². The Morgan fingerprint density at radius 1 is 1.21 bits per heavy atom. The molecule has 2 aromatic rings. The Kier molecular flexibility index (Phi) is 8.12. The second kappa shape index (κ2) is 10.8. The molecule has 0 bridgehead atoms. The molecule has 176 valence electrons. The van der Waals surface area contributed by atoms with E-state index in [0.29, 0.717) is 12.3 Å². The number of methoxy groups -OCH3 is 1. The molecule has 0 unspecified atom stereocenters. The predicted molar refractivity (Wildman–Crippen MR) is 129 cm³/mol. The maximum atomic E-state index is 12.8. The number of carbonyl (C=O) groups is 1. The second-order valence-electron chi connectivity index (χ2n) is 7.53. The van der Waals surface area contributed by atoms with Gasteiger partial charge in [-0.2, -0.15) is 4.31 Å². The lowest BCUT2D eigenvalue weighted by atomic mass is 10.1. The van der Waals surface area contributed by atoms with Crippen molar-refractivity contribution in [1.29, 1.82) is 0 Å². The first-order chi connectivity index (χ1) is 15.7. The molecule has 2 aromatic carbocycles. The molecule has 0 atom stereocenters. The van der Waals surface area contributed by atoms with Crippen molar-refractivity contribution in [3.05, 3.63) is 70.8 Å². The largest absolute Gasteiger partial charge is 0.497 e. The molecule has 1 aliphatic heterocycles. The number of sulfonamides is 1. The number of amides is 1. The van der Waals surface area contributed by atoms with Gasteiger partial charge in [-0.15, -0.1) is 0 Å². The van der Waals surface area contributed by atoms with E-state index in [1.165, 1.54) is 44.5 Å². The summed E-state index contributed by atoms with van der Waals surface area (Å²) in [5.41, 5.74) is 2.00. The van der Waals surface area contributed by atoms with E-state index in [2.05, 4.69) is 10.3 Å². The average Bonchev–Trinajstić information content (AvgIpc) is 3.34. The van der Waals surface area contributed by atoms with Gasteiger partial charge in [-0.05, 0) is 17.7 Å². The van der Waals surface area contributed by atoms with Crippen LogP contribution in [0.25, 0.3) is 0 Å². The van der Waals surface area contributed by atoms with Crippen LogP contribution in [0, 0.1) is 0 Å². The van der Waals surface area contributed by atoms with Crippen LogP contribution in [0.1, 0.15) is 11.1 Å². The predicted octanol–water partition coefficient (Wildman–Crippen LogP) is 2.53. The number of nitrogens with one attached hydrogen (secondary N) is 1. The molecule has 10 heteroatoms. The van der Waals surface area contributed by atoms with Crippen LogP contribution in [0.4, 0.5) is 0 Å². The van der Waals surface area contributed by atoms with Crippen molar-refractivity contribution in [1.82, 2.24) is 14.5 Å². The molecule has 3 rings (SSSR count). The van der Waals surface area contributed by atoms with Crippen molar-refractivity contribution >= 4 is 33.4 Å². The molecular weight excluding hydrogens is 464 g/mol. The summed E-state index contributed by atoms with van der Waals surface area (Å²) in [6.07, 6.45) is 2.88. The number of carbonyl (C=O) groups excluding carboxylic acids is 1. The van der Waals surface area contributed by atoms with Crippen molar-refractivity contribution in [2.24, 2.45) is 4.99 Å². The molecule has 0 saturated heterocycles. The molecule has 8 nitrogen and oxygen atoms in total. The summed E-state index contributed by atoms with van der Waals surface area (Å²) in [7, 11) is 0.783. The summed E-state index contributed by atoms with van der Waals surface area (Å²) in [5, 5.41) is 3.30. The SMILES string of the molecule is COc1ccc(S(=O)(=O)N(C)CC=CC(=O)N(C)Cc2ccc(C3=NCCN3)cc2)c(Cl)c1. The lowest BCUT2D eigenvalue weighted by molar-refractivity contribution is -0.125. The standard InChI is InChI=1S/C23H27ClN4O4S/c1-27(16-17-6-8-18(9-7-17)23-25-12-13-26-23)22(29)5-4-14-28(2)33(30,31)21-11-10-19(32-3)15-20(21)24/h4-11,15H,12-14,16H2,1-3H3,(H,25,26). The minimum Gasteiger partial charge on any atom is -0.497 e. The molecule has 0 aliphatic carbocycles. The first kappa shape index (κ1) is 24.8. The summed E-state index contributed by atoms with van der Waals surface area (Å²) >= 11 is 6.11. The quantitative estimate of drug-likeness (QED) is 0.545. The van der Waals surface area contributed by atoms with Crippen LogP contribution in [0.3, 0.4) is 0 Å². The molecule has 1 aliphatic rings. The zero-order valence-electron chi connectivity index (χ0n) is 18.8. The Balaban J connectivity index is 1.56. The number of aliphatic imine (C=N–C) groups is 1. The topological polar surface area (TPSA) is 91.3 Å². The zero-order valence-corrected chi connectivity index (χ0v) is 20.4. The van der Waals surface area contributed by atoms with Gasteiger partial charge in [0.2, 0.25) is 15.9 Å². The van der Waals surface area contributed by atoms with Gasteiger partial charge in [0, 0.05) is 51.4 Å². The number of likely N-dealkylation sites (N-methyl/N-ethyl adjacent to an activating group) is 2. The third-order valence-corrected chi connectivity index (χ3v) is 7.45. The summed E-state index contributed by atoms with van der Waals surface area (Å²) < 4.78 is 31.8. The summed E-state index contributed by atoms with van der Waals surface area (Å²) in [6.45, 7) is 2.08. The fourth-order valence-electron chi connectivity index (χ4n) is 3.22. The van der Waals surface area contributed by atoms with Crippen LogP contribution < -0.4 is 10.1 Å². The number of ether oxygens (including phenoxy) is 1. The Hall–Kier alpha value is -2.88. The van der Waals surface area contributed by atoms with Gasteiger partial charge in [0.15, 0.2) is 0 Å². The van der Waals surface area contributed by atoms with E-state index in [1.807, 2.05) is 24.3 Å². The number of nitrogens with zero attached hydrogens (tertiary/aromatic N) is 3. The van der Waals surface area contributed by atoms with Crippen molar-refractivity contribution in [2.75, 3.05) is 40.8 Å². The van der Waals surface area contributed by atoms with Gasteiger partial charge in [-0.25, -0.2) is 8.42 Å². The van der Waals surface area contributed by atoms with Crippen LogP contribution in [-0.4, -0.2) is 70.2 Å². The highest BCUT2D eigenvalue weighted by molar-refractivity contribution is 7.89. The molecule has 1 heterocycles.